The smallest absolute Gasteiger partial charge is 0.162 e. The van der Waals surface area contributed by atoms with Gasteiger partial charge in [0.05, 0.1) is 0 Å². The maximum Gasteiger partial charge on any atom is 0.162 e. The van der Waals surface area contributed by atoms with Gasteiger partial charge in [0.1, 0.15) is 6.61 Å². The lowest BCUT2D eigenvalue weighted by Gasteiger charge is -2.08. The molecule has 0 unspecified atom stereocenters. The summed E-state index contributed by atoms with van der Waals surface area (Å²) < 4.78 is 5.65. The largest absolute Gasteiger partial charge is 0.504 e. The van der Waals surface area contributed by atoms with Crippen molar-refractivity contribution in [2.75, 3.05) is 0 Å². The molecule has 3 aromatic rings. The molecule has 2 aromatic carbocycles. The van der Waals surface area contributed by atoms with Gasteiger partial charge in [-0.3, -0.25) is 0 Å². The van der Waals surface area contributed by atoms with Crippen molar-refractivity contribution >= 4 is 22.1 Å². The molecule has 90 valence electrons. The van der Waals surface area contributed by atoms with Gasteiger partial charge in [0.15, 0.2) is 11.5 Å². The lowest BCUT2D eigenvalue weighted by atomic mass is 10.1. The Morgan fingerprint density at radius 3 is 2.50 bits per heavy atom. The maximum absolute atomic E-state index is 9.92. The number of thiophene rings is 1. The number of hydrogen-bond acceptors (Lipinski definition) is 3. The summed E-state index contributed by atoms with van der Waals surface area (Å²) in [7, 11) is 0. The van der Waals surface area contributed by atoms with Crippen LogP contribution >= 0.6 is 11.3 Å². The molecule has 0 aliphatic heterocycles. The minimum atomic E-state index is 0.185. The van der Waals surface area contributed by atoms with Gasteiger partial charge in [0.2, 0.25) is 0 Å². The van der Waals surface area contributed by atoms with E-state index >= 15 is 0 Å². The first kappa shape index (κ1) is 11.1. The summed E-state index contributed by atoms with van der Waals surface area (Å²) in [5, 5.41) is 14.0. The van der Waals surface area contributed by atoms with Crippen LogP contribution in [0.5, 0.6) is 11.5 Å². The standard InChI is InChI=1S/C15H12O2S/c16-14-8-11-4-1-2-5-12(11)9-15(14)17-10-13-6-3-7-18-13/h1-9,16H,10H2. The SMILES string of the molecule is Oc1cc2ccccc2cc1OCc1cccs1. The van der Waals surface area contributed by atoms with Crippen LogP contribution in [0.2, 0.25) is 0 Å². The topological polar surface area (TPSA) is 29.5 Å². The predicted octanol–water partition coefficient (Wildman–Crippen LogP) is 4.19. The summed E-state index contributed by atoms with van der Waals surface area (Å²) in [5.74, 6) is 0.715. The fraction of sp³-hybridized carbons (Fsp3) is 0.0667. The molecule has 1 N–H and O–H groups in total. The molecular formula is C15H12O2S. The molecule has 0 atom stereocenters. The van der Waals surface area contributed by atoms with E-state index in [0.29, 0.717) is 12.4 Å². The predicted molar refractivity (Wildman–Crippen MR) is 74.3 cm³/mol. The fourth-order valence-electron chi connectivity index (χ4n) is 1.87. The van der Waals surface area contributed by atoms with Gasteiger partial charge in [-0.25, -0.2) is 0 Å². The van der Waals surface area contributed by atoms with Crippen molar-refractivity contribution in [1.82, 2.24) is 0 Å². The Morgan fingerprint density at radius 1 is 1.00 bits per heavy atom. The summed E-state index contributed by atoms with van der Waals surface area (Å²) in [6.45, 7) is 0.490. The van der Waals surface area contributed by atoms with Crippen molar-refractivity contribution in [3.63, 3.8) is 0 Å². The number of rotatable bonds is 3. The lowest BCUT2D eigenvalue weighted by molar-refractivity contribution is 0.292. The third-order valence-corrected chi connectivity index (χ3v) is 3.63. The van der Waals surface area contributed by atoms with Gasteiger partial charge < -0.3 is 9.84 Å². The molecule has 0 saturated heterocycles. The van der Waals surface area contributed by atoms with Crippen LogP contribution in [0.25, 0.3) is 10.8 Å². The van der Waals surface area contributed by atoms with Crippen LogP contribution in [-0.4, -0.2) is 5.11 Å². The Kier molecular flexibility index (Phi) is 2.90. The summed E-state index contributed by atoms with van der Waals surface area (Å²) >= 11 is 1.65. The average molecular weight is 256 g/mol. The molecule has 0 aliphatic rings. The summed E-state index contributed by atoms with van der Waals surface area (Å²) in [6.07, 6.45) is 0. The molecule has 0 radical (unpaired) electrons. The van der Waals surface area contributed by atoms with E-state index in [2.05, 4.69) is 0 Å². The van der Waals surface area contributed by atoms with E-state index in [1.54, 1.807) is 17.4 Å². The van der Waals surface area contributed by atoms with E-state index < -0.39 is 0 Å². The molecule has 0 spiro atoms. The van der Waals surface area contributed by atoms with Crippen molar-refractivity contribution in [2.45, 2.75) is 6.61 Å². The molecule has 3 rings (SSSR count). The molecule has 0 aliphatic carbocycles. The Hall–Kier alpha value is -2.00. The first-order chi connectivity index (χ1) is 8.83. The number of phenolic OH excluding ortho intramolecular Hbond substituents is 1. The second-order valence-electron chi connectivity index (χ2n) is 4.04. The van der Waals surface area contributed by atoms with Crippen LogP contribution in [-0.2, 0) is 6.61 Å². The van der Waals surface area contributed by atoms with Gasteiger partial charge >= 0.3 is 0 Å². The van der Waals surface area contributed by atoms with Crippen LogP contribution in [0.4, 0.5) is 0 Å². The van der Waals surface area contributed by atoms with E-state index in [9.17, 15) is 5.11 Å². The number of fused-ring (bicyclic) bond motifs is 1. The minimum Gasteiger partial charge on any atom is -0.504 e. The number of ether oxygens (including phenoxy) is 1. The number of aromatic hydroxyl groups is 1. The second-order valence-corrected chi connectivity index (χ2v) is 5.07. The van der Waals surface area contributed by atoms with E-state index in [-0.39, 0.29) is 5.75 Å². The molecule has 0 fully saturated rings. The van der Waals surface area contributed by atoms with E-state index in [4.69, 9.17) is 4.74 Å². The minimum absolute atomic E-state index is 0.185. The van der Waals surface area contributed by atoms with Gasteiger partial charge in [-0.05, 0) is 34.4 Å². The van der Waals surface area contributed by atoms with Crippen LogP contribution in [0, 0.1) is 0 Å². The quantitative estimate of drug-likeness (QED) is 0.761. The molecule has 0 saturated carbocycles. The Balaban J connectivity index is 1.89. The van der Waals surface area contributed by atoms with Crippen LogP contribution < -0.4 is 4.74 Å². The Morgan fingerprint density at radius 2 is 1.78 bits per heavy atom. The van der Waals surface area contributed by atoms with Gasteiger partial charge in [-0.15, -0.1) is 11.3 Å². The summed E-state index contributed by atoms with van der Waals surface area (Å²) in [6, 6.07) is 15.5. The highest BCUT2D eigenvalue weighted by Crippen LogP contribution is 2.32. The average Bonchev–Trinajstić information content (AvgIpc) is 2.89. The number of phenols is 1. The van der Waals surface area contributed by atoms with E-state index in [0.717, 1.165) is 15.6 Å². The zero-order valence-electron chi connectivity index (χ0n) is 9.67. The molecular weight excluding hydrogens is 244 g/mol. The molecule has 1 heterocycles. The first-order valence-corrected chi connectivity index (χ1v) is 6.58. The van der Waals surface area contributed by atoms with E-state index in [1.165, 1.54) is 0 Å². The molecule has 1 aromatic heterocycles. The summed E-state index contributed by atoms with van der Waals surface area (Å²) in [4.78, 5) is 1.14. The molecule has 0 bridgehead atoms. The first-order valence-electron chi connectivity index (χ1n) is 5.70. The number of benzene rings is 2. The van der Waals surface area contributed by atoms with Crippen molar-refractivity contribution < 1.29 is 9.84 Å². The zero-order chi connectivity index (χ0) is 12.4. The van der Waals surface area contributed by atoms with Crippen molar-refractivity contribution in [3.05, 3.63) is 58.8 Å². The molecule has 18 heavy (non-hydrogen) atoms. The monoisotopic (exact) mass is 256 g/mol. The lowest BCUT2D eigenvalue weighted by Crippen LogP contribution is -1.93. The second kappa shape index (κ2) is 4.70. The van der Waals surface area contributed by atoms with Crippen molar-refractivity contribution in [1.29, 1.82) is 0 Å². The highest BCUT2D eigenvalue weighted by atomic mass is 32.1. The van der Waals surface area contributed by atoms with Crippen LogP contribution in [0.1, 0.15) is 4.88 Å². The Labute approximate surface area is 109 Å². The summed E-state index contributed by atoms with van der Waals surface area (Å²) in [5.41, 5.74) is 0. The molecule has 3 heteroatoms. The normalized spacial score (nSPS) is 10.7. The van der Waals surface area contributed by atoms with Gasteiger partial charge in [-0.2, -0.15) is 0 Å². The highest BCUT2D eigenvalue weighted by Gasteiger charge is 2.05. The number of hydrogen-bond donors (Lipinski definition) is 1. The van der Waals surface area contributed by atoms with Crippen molar-refractivity contribution in [2.24, 2.45) is 0 Å². The Bertz CT molecular complexity index is 659. The van der Waals surface area contributed by atoms with E-state index in [1.807, 2.05) is 47.8 Å². The fourth-order valence-corrected chi connectivity index (χ4v) is 2.48. The van der Waals surface area contributed by atoms with Crippen LogP contribution in [0.3, 0.4) is 0 Å². The molecule has 2 nitrogen and oxygen atoms in total. The van der Waals surface area contributed by atoms with Gasteiger partial charge in [0.25, 0.3) is 0 Å². The third-order valence-electron chi connectivity index (χ3n) is 2.78. The van der Waals surface area contributed by atoms with Gasteiger partial charge in [-0.1, -0.05) is 30.3 Å². The van der Waals surface area contributed by atoms with Gasteiger partial charge in [0, 0.05) is 4.88 Å². The maximum atomic E-state index is 9.92. The van der Waals surface area contributed by atoms with Crippen molar-refractivity contribution in [3.8, 4) is 11.5 Å². The molecule has 0 amide bonds. The zero-order valence-corrected chi connectivity index (χ0v) is 10.5. The highest BCUT2D eigenvalue weighted by molar-refractivity contribution is 7.09. The third kappa shape index (κ3) is 2.17. The van der Waals surface area contributed by atoms with Crippen LogP contribution in [0.15, 0.2) is 53.9 Å².